The van der Waals surface area contributed by atoms with Crippen molar-refractivity contribution in [2.45, 2.75) is 132 Å². The quantitative estimate of drug-likeness (QED) is 0.0262. The second kappa shape index (κ2) is 79.1. The molecule has 0 fully saturated rings. The summed E-state index contributed by atoms with van der Waals surface area (Å²) < 4.78 is 40.8. The van der Waals surface area contributed by atoms with Gasteiger partial charge in [-0.05, 0) is 32.6 Å². The monoisotopic (exact) mass is 910 g/mol. The maximum Gasteiger partial charge on any atom is 0.322 e. The van der Waals surface area contributed by atoms with Crippen LogP contribution in [0.3, 0.4) is 0 Å². The summed E-state index contributed by atoms with van der Waals surface area (Å²) in [5, 5.41) is 33.6. The molecule has 364 valence electrons. The Kier molecular flexibility index (Phi) is 90.0. The Hall–Kier alpha value is -5.35. The fourth-order valence-corrected chi connectivity index (χ4v) is 3.75. The Balaban J connectivity index is -0.000000129. The van der Waals surface area contributed by atoms with Crippen LogP contribution in [-0.2, 0) is 37.9 Å². The molecule has 0 aromatic carbocycles. The van der Waals surface area contributed by atoms with Gasteiger partial charge < -0.3 is 52.5 Å². The maximum absolute atomic E-state index is 8.63. The fourth-order valence-electron chi connectivity index (χ4n) is 3.75. The van der Waals surface area contributed by atoms with Crippen molar-refractivity contribution in [2.75, 3.05) is 106 Å². The Labute approximate surface area is 394 Å². The molecule has 17 heteroatoms. The average Bonchev–Trinajstić information content (AvgIpc) is 3.31. The highest BCUT2D eigenvalue weighted by atomic mass is 16.8. The lowest BCUT2D eigenvalue weighted by atomic mass is 10.00. The summed E-state index contributed by atoms with van der Waals surface area (Å²) in [6, 6.07) is 8.02. The summed E-state index contributed by atoms with van der Waals surface area (Å²) in [6.07, 6.45) is 15.5. The van der Waals surface area contributed by atoms with E-state index < -0.39 is 6.48 Å². The Morgan fingerprint density at radius 2 is 1.09 bits per heavy atom. The molecule has 3 atom stereocenters. The maximum atomic E-state index is 8.63. The first kappa shape index (κ1) is 74.0. The van der Waals surface area contributed by atoms with E-state index in [1.807, 2.05) is 19.1 Å². The van der Waals surface area contributed by atoms with Crippen LogP contribution in [0.25, 0.3) is 24.2 Å². The number of rotatable bonds is 33. The summed E-state index contributed by atoms with van der Waals surface area (Å²) in [7, 11) is 0. The van der Waals surface area contributed by atoms with Gasteiger partial charge in [-0.15, -0.1) is 12.3 Å². The third kappa shape index (κ3) is 86.5. The first-order valence-corrected chi connectivity index (χ1v) is 21.7. The summed E-state index contributed by atoms with van der Waals surface area (Å²) >= 11 is 0. The molecule has 0 aromatic rings. The molecule has 0 saturated heterocycles. The van der Waals surface area contributed by atoms with Gasteiger partial charge in [0, 0.05) is 44.8 Å². The van der Waals surface area contributed by atoms with Crippen molar-refractivity contribution < 1.29 is 37.9 Å². The van der Waals surface area contributed by atoms with Crippen LogP contribution in [0.5, 0.6) is 0 Å². The van der Waals surface area contributed by atoms with E-state index in [-0.39, 0.29) is 32.8 Å². The number of nitrogens with zero attached hydrogens (tertiary/aromatic N) is 9. The van der Waals surface area contributed by atoms with Crippen LogP contribution in [0.2, 0.25) is 0 Å². The molecule has 0 heterocycles. The zero-order chi connectivity index (χ0) is 49.3. The van der Waals surface area contributed by atoms with Gasteiger partial charge >= 0.3 is 6.73 Å². The second-order valence-electron chi connectivity index (χ2n) is 12.3. The van der Waals surface area contributed by atoms with Crippen molar-refractivity contribution >= 4 is 0 Å². The number of ether oxygens (including phenoxy) is 8. The van der Waals surface area contributed by atoms with Gasteiger partial charge in [-0.25, -0.2) is 32.9 Å². The van der Waals surface area contributed by atoms with Gasteiger partial charge in [-0.1, -0.05) is 48.0 Å². The van der Waals surface area contributed by atoms with Gasteiger partial charge in [0.2, 0.25) is 26.2 Å². The first-order chi connectivity index (χ1) is 31.3. The molecule has 0 aliphatic carbocycles. The van der Waals surface area contributed by atoms with Gasteiger partial charge in [-0.2, -0.15) is 21.0 Å². The van der Waals surface area contributed by atoms with Crippen LogP contribution in [0, 0.1) is 96.4 Å². The van der Waals surface area contributed by atoms with Crippen molar-refractivity contribution in [1.82, 2.24) is 0 Å². The van der Waals surface area contributed by atoms with Crippen molar-refractivity contribution in [2.24, 2.45) is 5.92 Å². The fraction of sp³-hybridized carbons (Fsp3) is 0.771. The van der Waals surface area contributed by atoms with E-state index in [0.29, 0.717) is 105 Å². The lowest BCUT2D eigenvalue weighted by Gasteiger charge is -2.17. The summed E-state index contributed by atoms with van der Waals surface area (Å²) in [6.45, 7) is 48.3. The van der Waals surface area contributed by atoms with Gasteiger partial charge in [0.15, 0.2) is 0 Å². The van der Waals surface area contributed by atoms with E-state index >= 15 is 0 Å². The van der Waals surface area contributed by atoms with Gasteiger partial charge in [-0.3, -0.25) is 9.58 Å². The van der Waals surface area contributed by atoms with Gasteiger partial charge in [0.1, 0.15) is 19.3 Å². The van der Waals surface area contributed by atoms with Crippen molar-refractivity contribution in [3.8, 4) is 36.6 Å². The molecule has 0 radical (unpaired) electrons. The van der Waals surface area contributed by atoms with Crippen LogP contribution in [0.4, 0.5) is 0 Å². The summed E-state index contributed by atoms with van der Waals surface area (Å²) in [5.74, 6) is 2.66. The van der Waals surface area contributed by atoms with Crippen molar-refractivity contribution in [3.05, 3.63) is 57.1 Å². The molecule has 0 spiro atoms. The first-order valence-electron chi connectivity index (χ1n) is 21.7. The Morgan fingerprint density at radius 1 is 0.508 bits per heavy atom. The van der Waals surface area contributed by atoms with E-state index in [1.165, 1.54) is 12.8 Å². The van der Waals surface area contributed by atoms with Gasteiger partial charge in [0.25, 0.3) is 6.48 Å². The van der Waals surface area contributed by atoms with E-state index in [4.69, 9.17) is 98.2 Å². The Bertz CT molecular complexity index is 1350. The molecular weight excluding hydrogens is 831 g/mol. The number of hydrogen-bond acceptors (Lipinski definition) is 12. The molecule has 0 bridgehead atoms. The molecule has 0 aromatic heterocycles. The van der Waals surface area contributed by atoms with Crippen molar-refractivity contribution in [3.63, 3.8) is 0 Å². The second-order valence-corrected chi connectivity index (χ2v) is 12.3. The van der Waals surface area contributed by atoms with E-state index in [2.05, 4.69) is 57.0 Å². The molecule has 0 aliphatic heterocycles. The Morgan fingerprint density at radius 3 is 1.55 bits per heavy atom. The zero-order valence-corrected chi connectivity index (χ0v) is 39.4. The SMILES string of the molecule is C.C#CCCOCC(COCCC#N)OCCC#N.[C-]#[N+]CCC.[C-]#[N+]CCCC(C#N)CCC.[C-]#[N+]CCCCC.[C-]#[N+]CCOCCOCCC.[C-]#[N+]COC(OCC)OCC#N. The normalized spacial score (nSPS) is 10.1. The molecule has 0 rings (SSSR count). The molecular formula is C48H79N9O8. The van der Waals surface area contributed by atoms with E-state index in [1.54, 1.807) is 13.0 Å². The van der Waals surface area contributed by atoms with E-state index in [9.17, 15) is 0 Å². The average molecular weight is 910 g/mol. The molecule has 0 aliphatic rings. The van der Waals surface area contributed by atoms with E-state index in [0.717, 1.165) is 51.6 Å². The van der Waals surface area contributed by atoms with Crippen LogP contribution >= 0.6 is 0 Å². The number of unbranched alkanes of at least 4 members (excludes halogenated alkanes) is 2. The van der Waals surface area contributed by atoms with Gasteiger partial charge in [0.05, 0.1) is 83.4 Å². The highest BCUT2D eigenvalue weighted by molar-refractivity contribution is 4.83. The predicted molar refractivity (Wildman–Crippen MR) is 252 cm³/mol. The standard InChI is InChI=1S/C13H18N2O3.C9H14N2.C8H15NO2.C7H10N2O3.C6H11N.C4H7N.CH4/c1-2-3-8-16-11-13(18-10-5-7-15)12-17-9-4-6-14;1-3-5-9(8-10)6-4-7-11-2;1-3-5-10-7-8-11-6-4-9-2;1-3-10-7(11-5-4-8)12-6-9-2;1-3-4-5-6-7-2;1-3-4-5-2;/h1,13H,3-5,8-12H2;9H,3-7H2,1H3;3-8H2,1H3;7H,3,5-6H2,1H3;3-6H2,1H3;3-4H2,1H3;1H4. The predicted octanol–water partition coefficient (Wildman–Crippen LogP) is 10.0. The molecule has 0 saturated carbocycles. The minimum Gasteiger partial charge on any atom is -0.379 e. The molecule has 65 heavy (non-hydrogen) atoms. The topological polar surface area (TPSA) is 191 Å². The lowest BCUT2D eigenvalue weighted by molar-refractivity contribution is -0.277. The van der Waals surface area contributed by atoms with Crippen LogP contribution in [-0.4, -0.2) is 118 Å². The molecule has 0 amide bonds. The third-order valence-corrected chi connectivity index (χ3v) is 6.70. The summed E-state index contributed by atoms with van der Waals surface area (Å²) in [4.78, 5) is 15.7. The minimum atomic E-state index is -0.899. The molecule has 0 N–H and O–H groups in total. The molecule has 17 nitrogen and oxygen atoms in total. The number of hydrogen-bond donors (Lipinski definition) is 0. The largest absolute Gasteiger partial charge is 0.379 e. The zero-order valence-electron chi connectivity index (χ0n) is 39.4. The lowest BCUT2D eigenvalue weighted by Crippen LogP contribution is -2.26. The summed E-state index contributed by atoms with van der Waals surface area (Å²) in [5.41, 5.74) is 0. The van der Waals surface area contributed by atoms with Crippen LogP contribution in [0.15, 0.2) is 0 Å². The van der Waals surface area contributed by atoms with Crippen LogP contribution < -0.4 is 0 Å². The highest BCUT2D eigenvalue weighted by Crippen LogP contribution is 2.11. The minimum absolute atomic E-state index is 0. The highest BCUT2D eigenvalue weighted by Gasteiger charge is 2.10. The third-order valence-electron chi connectivity index (χ3n) is 6.70. The molecule has 3 unspecified atom stereocenters. The smallest absolute Gasteiger partial charge is 0.322 e. The van der Waals surface area contributed by atoms with Crippen molar-refractivity contribution in [1.29, 1.82) is 21.0 Å². The number of nitriles is 4. The number of terminal acetylenes is 1. The van der Waals surface area contributed by atoms with Crippen LogP contribution in [0.1, 0.15) is 119 Å².